The summed E-state index contributed by atoms with van der Waals surface area (Å²) in [4.78, 5) is 33.2. The van der Waals surface area contributed by atoms with E-state index in [4.69, 9.17) is 0 Å². The maximum Gasteiger partial charge on any atom is 0.287 e. The Morgan fingerprint density at radius 2 is 1.50 bits per heavy atom. The standard InChI is InChI=1S/C14H11N3O5/c1-15-10-6-3-2-5-9(10)14(18)13-11(16(19)20)7-4-8-12(13)17(21)22/h2-8,15H,1H3. The minimum atomic E-state index is -0.803. The van der Waals surface area contributed by atoms with E-state index < -0.39 is 32.6 Å². The fraction of sp³-hybridized carbons (Fsp3) is 0.0714. The second-order valence-corrected chi connectivity index (χ2v) is 4.31. The smallest absolute Gasteiger partial charge is 0.287 e. The normalized spacial score (nSPS) is 10.0. The molecule has 0 saturated heterocycles. The van der Waals surface area contributed by atoms with Crippen molar-refractivity contribution in [3.05, 3.63) is 73.8 Å². The van der Waals surface area contributed by atoms with Gasteiger partial charge in [0, 0.05) is 30.4 Å². The number of rotatable bonds is 5. The lowest BCUT2D eigenvalue weighted by molar-refractivity contribution is -0.394. The lowest BCUT2D eigenvalue weighted by Gasteiger charge is -2.08. The van der Waals surface area contributed by atoms with Crippen molar-refractivity contribution in [3.63, 3.8) is 0 Å². The molecule has 8 heteroatoms. The Labute approximate surface area is 124 Å². The van der Waals surface area contributed by atoms with Gasteiger partial charge in [0.1, 0.15) is 0 Å². The van der Waals surface area contributed by atoms with E-state index >= 15 is 0 Å². The van der Waals surface area contributed by atoms with Gasteiger partial charge in [0.05, 0.1) is 9.85 Å². The van der Waals surface area contributed by atoms with Crippen molar-refractivity contribution in [2.24, 2.45) is 0 Å². The number of anilines is 1. The average Bonchev–Trinajstić information content (AvgIpc) is 2.53. The molecule has 0 radical (unpaired) electrons. The van der Waals surface area contributed by atoms with E-state index in [1.807, 2.05) is 0 Å². The van der Waals surface area contributed by atoms with E-state index in [-0.39, 0.29) is 5.56 Å². The summed E-state index contributed by atoms with van der Waals surface area (Å²) in [5.74, 6) is -0.774. The maximum absolute atomic E-state index is 12.6. The Bertz CT molecular complexity index is 741. The molecule has 0 unspecified atom stereocenters. The number of nitrogens with zero attached hydrogens (tertiary/aromatic N) is 2. The zero-order valence-corrected chi connectivity index (χ0v) is 11.5. The molecule has 0 amide bonds. The molecule has 0 bridgehead atoms. The van der Waals surface area contributed by atoms with Gasteiger partial charge in [-0.1, -0.05) is 12.1 Å². The predicted molar refractivity (Wildman–Crippen MR) is 79.2 cm³/mol. The van der Waals surface area contributed by atoms with Gasteiger partial charge in [0.2, 0.25) is 5.78 Å². The van der Waals surface area contributed by atoms with Gasteiger partial charge in [-0.15, -0.1) is 0 Å². The highest BCUT2D eigenvalue weighted by atomic mass is 16.6. The molecule has 0 fully saturated rings. The molecule has 0 aliphatic carbocycles. The molecule has 2 rings (SSSR count). The van der Waals surface area contributed by atoms with E-state index in [1.54, 1.807) is 25.2 Å². The maximum atomic E-state index is 12.6. The molecule has 0 aromatic heterocycles. The summed E-state index contributed by atoms with van der Waals surface area (Å²) >= 11 is 0. The second kappa shape index (κ2) is 6.00. The molecule has 0 aliphatic rings. The third kappa shape index (κ3) is 2.62. The molecule has 22 heavy (non-hydrogen) atoms. The van der Waals surface area contributed by atoms with Crippen LogP contribution in [-0.4, -0.2) is 22.7 Å². The quantitative estimate of drug-likeness (QED) is 0.515. The minimum absolute atomic E-state index is 0.127. The van der Waals surface area contributed by atoms with Crippen LogP contribution in [0.4, 0.5) is 17.1 Å². The van der Waals surface area contributed by atoms with Crippen LogP contribution in [0.3, 0.4) is 0 Å². The average molecular weight is 301 g/mol. The van der Waals surface area contributed by atoms with E-state index in [0.717, 1.165) is 12.1 Å². The Kier molecular flexibility index (Phi) is 4.12. The first-order chi connectivity index (χ1) is 10.5. The van der Waals surface area contributed by atoms with Crippen molar-refractivity contribution < 1.29 is 14.6 Å². The third-order valence-electron chi connectivity index (χ3n) is 3.08. The molecule has 1 N–H and O–H groups in total. The van der Waals surface area contributed by atoms with Crippen molar-refractivity contribution in [2.75, 3.05) is 12.4 Å². The van der Waals surface area contributed by atoms with Crippen LogP contribution >= 0.6 is 0 Å². The Morgan fingerprint density at radius 1 is 0.955 bits per heavy atom. The fourth-order valence-corrected chi connectivity index (χ4v) is 2.10. The van der Waals surface area contributed by atoms with Crippen LogP contribution in [0.5, 0.6) is 0 Å². The van der Waals surface area contributed by atoms with Crippen molar-refractivity contribution in [3.8, 4) is 0 Å². The Balaban J connectivity index is 2.72. The van der Waals surface area contributed by atoms with E-state index in [9.17, 15) is 25.0 Å². The molecule has 2 aromatic carbocycles. The first-order valence-electron chi connectivity index (χ1n) is 6.20. The van der Waals surface area contributed by atoms with Crippen LogP contribution < -0.4 is 5.32 Å². The molecule has 0 atom stereocenters. The predicted octanol–water partition coefficient (Wildman–Crippen LogP) is 2.78. The van der Waals surface area contributed by atoms with Gasteiger partial charge in [-0.25, -0.2) is 0 Å². The SMILES string of the molecule is CNc1ccccc1C(=O)c1c([N+](=O)[O-])cccc1[N+](=O)[O-]. The summed E-state index contributed by atoms with van der Waals surface area (Å²) in [6.45, 7) is 0. The van der Waals surface area contributed by atoms with Crippen LogP contribution in [0.2, 0.25) is 0 Å². The highest BCUT2D eigenvalue weighted by Crippen LogP contribution is 2.32. The number of ketones is 1. The second-order valence-electron chi connectivity index (χ2n) is 4.31. The van der Waals surface area contributed by atoms with Gasteiger partial charge in [0.15, 0.2) is 5.56 Å². The zero-order valence-electron chi connectivity index (χ0n) is 11.5. The fourth-order valence-electron chi connectivity index (χ4n) is 2.10. The molecule has 8 nitrogen and oxygen atoms in total. The highest BCUT2D eigenvalue weighted by Gasteiger charge is 2.31. The van der Waals surface area contributed by atoms with Gasteiger partial charge in [0.25, 0.3) is 11.4 Å². The van der Waals surface area contributed by atoms with Crippen LogP contribution in [0.15, 0.2) is 42.5 Å². The molecule has 2 aromatic rings. The van der Waals surface area contributed by atoms with Gasteiger partial charge in [-0.3, -0.25) is 25.0 Å². The van der Waals surface area contributed by atoms with Gasteiger partial charge < -0.3 is 5.32 Å². The van der Waals surface area contributed by atoms with Crippen molar-refractivity contribution in [1.82, 2.24) is 0 Å². The number of para-hydroxylation sites is 1. The minimum Gasteiger partial charge on any atom is -0.388 e. The topological polar surface area (TPSA) is 115 Å². The highest BCUT2D eigenvalue weighted by molar-refractivity contribution is 6.16. The summed E-state index contributed by atoms with van der Waals surface area (Å²) in [5, 5.41) is 25.0. The summed E-state index contributed by atoms with van der Waals surface area (Å²) in [5.41, 5.74) is -1.15. The van der Waals surface area contributed by atoms with E-state index in [0.29, 0.717) is 5.69 Å². The van der Waals surface area contributed by atoms with Crippen LogP contribution in [0.1, 0.15) is 15.9 Å². The molecule has 0 heterocycles. The van der Waals surface area contributed by atoms with Crippen molar-refractivity contribution >= 4 is 22.8 Å². The largest absolute Gasteiger partial charge is 0.388 e. The molecule has 0 saturated carbocycles. The first-order valence-corrected chi connectivity index (χ1v) is 6.20. The van der Waals surface area contributed by atoms with Crippen molar-refractivity contribution in [2.45, 2.75) is 0 Å². The van der Waals surface area contributed by atoms with Crippen molar-refractivity contribution in [1.29, 1.82) is 0 Å². The Hall–Kier alpha value is -3.29. The van der Waals surface area contributed by atoms with Gasteiger partial charge in [-0.2, -0.15) is 0 Å². The molecule has 0 spiro atoms. The number of hydrogen-bond donors (Lipinski definition) is 1. The van der Waals surface area contributed by atoms with Crippen LogP contribution in [-0.2, 0) is 0 Å². The molecule has 112 valence electrons. The lowest BCUT2D eigenvalue weighted by Crippen LogP contribution is -2.11. The number of carbonyl (C=O) groups excluding carboxylic acids is 1. The Morgan fingerprint density at radius 3 is 2.00 bits per heavy atom. The zero-order chi connectivity index (χ0) is 16.3. The summed E-state index contributed by atoms with van der Waals surface area (Å²) < 4.78 is 0. The lowest BCUT2D eigenvalue weighted by atomic mass is 9.98. The summed E-state index contributed by atoms with van der Waals surface area (Å²) in [6.07, 6.45) is 0. The number of nitro benzene ring substituents is 2. The number of carbonyl (C=O) groups is 1. The van der Waals surface area contributed by atoms with Gasteiger partial charge >= 0.3 is 0 Å². The van der Waals surface area contributed by atoms with Crippen LogP contribution in [0.25, 0.3) is 0 Å². The molecule has 0 aliphatic heterocycles. The number of nitrogens with one attached hydrogen (secondary N) is 1. The monoisotopic (exact) mass is 301 g/mol. The third-order valence-corrected chi connectivity index (χ3v) is 3.08. The van der Waals surface area contributed by atoms with Crippen LogP contribution in [0, 0.1) is 20.2 Å². The van der Waals surface area contributed by atoms with E-state index in [2.05, 4.69) is 5.32 Å². The number of nitro groups is 2. The van der Waals surface area contributed by atoms with E-state index in [1.165, 1.54) is 12.1 Å². The molecular weight excluding hydrogens is 290 g/mol. The molecular formula is C14H11N3O5. The van der Waals surface area contributed by atoms with Gasteiger partial charge in [-0.05, 0) is 18.2 Å². The first kappa shape index (κ1) is 15.1. The number of benzene rings is 2. The number of hydrogen-bond acceptors (Lipinski definition) is 6. The summed E-state index contributed by atoms with van der Waals surface area (Å²) in [6, 6.07) is 9.63. The summed E-state index contributed by atoms with van der Waals surface area (Å²) in [7, 11) is 1.58.